The third kappa shape index (κ3) is 4.04. The highest BCUT2D eigenvalue weighted by Gasteiger charge is 2.21. The number of hydrogen-bond acceptors (Lipinski definition) is 3. The molecule has 0 bridgehead atoms. The van der Waals surface area contributed by atoms with E-state index in [-0.39, 0.29) is 11.7 Å². The van der Waals surface area contributed by atoms with Crippen molar-refractivity contribution >= 4 is 11.6 Å². The smallest absolute Gasteiger partial charge is 0.229 e. The normalized spacial score (nSPS) is 11.1. The summed E-state index contributed by atoms with van der Waals surface area (Å²) >= 11 is 0. The number of pyridine rings is 1. The molecule has 0 atom stereocenters. The van der Waals surface area contributed by atoms with Crippen LogP contribution in [0.1, 0.15) is 26.3 Å². The van der Waals surface area contributed by atoms with Gasteiger partial charge in [0, 0.05) is 11.5 Å². The molecule has 1 aromatic heterocycles. The first-order valence-electron chi connectivity index (χ1n) is 6.97. The summed E-state index contributed by atoms with van der Waals surface area (Å²) in [5.74, 6) is 0.523. The number of amides is 1. The third-order valence-corrected chi connectivity index (χ3v) is 3.03. The summed E-state index contributed by atoms with van der Waals surface area (Å²) < 4.78 is 18.7. The lowest BCUT2D eigenvalue weighted by atomic mass is 9.96. The van der Waals surface area contributed by atoms with E-state index in [1.165, 1.54) is 12.3 Å². The zero-order chi connectivity index (χ0) is 16.3. The quantitative estimate of drug-likeness (QED) is 0.919. The summed E-state index contributed by atoms with van der Waals surface area (Å²) in [6.07, 6.45) is 1.52. The molecule has 0 aliphatic heterocycles. The average molecular weight is 302 g/mol. The Balaban J connectivity index is 2.06. The molecule has 2 aromatic rings. The van der Waals surface area contributed by atoms with Crippen LogP contribution in [0.15, 0.2) is 36.5 Å². The van der Waals surface area contributed by atoms with Crippen LogP contribution in [0, 0.1) is 18.2 Å². The topological polar surface area (TPSA) is 51.2 Å². The Morgan fingerprint density at radius 2 is 1.95 bits per heavy atom. The zero-order valence-corrected chi connectivity index (χ0v) is 13.1. The molecular formula is C17H19FN2O2. The summed E-state index contributed by atoms with van der Waals surface area (Å²) in [5, 5.41) is 2.78. The van der Waals surface area contributed by atoms with Crippen LogP contribution >= 0.6 is 0 Å². The van der Waals surface area contributed by atoms with Crippen molar-refractivity contribution in [2.24, 2.45) is 5.41 Å². The maximum absolute atomic E-state index is 13.2. The van der Waals surface area contributed by atoms with Crippen molar-refractivity contribution in [3.05, 3.63) is 47.9 Å². The number of carbonyl (C=O) groups excluding carboxylic acids is 1. The van der Waals surface area contributed by atoms with Gasteiger partial charge < -0.3 is 10.1 Å². The Labute approximate surface area is 129 Å². The standard InChI is InChI=1S/C17H19FN2O2/c1-11-9-13(6-7-14(11)18)22-15-8-5-12(10-19-15)20-16(21)17(2,3)4/h5-10H,1-4H3,(H,20,21). The molecule has 116 valence electrons. The van der Waals surface area contributed by atoms with Crippen LogP contribution in [0.2, 0.25) is 0 Å². The van der Waals surface area contributed by atoms with Gasteiger partial charge in [-0.2, -0.15) is 0 Å². The molecule has 0 saturated carbocycles. The molecule has 0 fully saturated rings. The number of hydrogen-bond donors (Lipinski definition) is 1. The van der Waals surface area contributed by atoms with Crippen LogP contribution in [-0.4, -0.2) is 10.9 Å². The van der Waals surface area contributed by atoms with E-state index in [0.717, 1.165) is 0 Å². The molecule has 1 amide bonds. The van der Waals surface area contributed by atoms with Gasteiger partial charge >= 0.3 is 0 Å². The van der Waals surface area contributed by atoms with Gasteiger partial charge in [0.05, 0.1) is 11.9 Å². The number of benzene rings is 1. The molecule has 0 aliphatic carbocycles. The number of nitrogens with one attached hydrogen (secondary N) is 1. The molecule has 0 aliphatic rings. The van der Waals surface area contributed by atoms with E-state index in [0.29, 0.717) is 22.9 Å². The van der Waals surface area contributed by atoms with Crippen molar-refractivity contribution in [2.75, 3.05) is 5.32 Å². The van der Waals surface area contributed by atoms with E-state index >= 15 is 0 Å². The number of anilines is 1. The molecule has 2 rings (SSSR count). The Bertz CT molecular complexity index is 676. The largest absolute Gasteiger partial charge is 0.439 e. The van der Waals surface area contributed by atoms with Gasteiger partial charge in [-0.3, -0.25) is 4.79 Å². The summed E-state index contributed by atoms with van der Waals surface area (Å²) in [6, 6.07) is 7.85. The summed E-state index contributed by atoms with van der Waals surface area (Å²) in [4.78, 5) is 16.0. The third-order valence-electron chi connectivity index (χ3n) is 3.03. The van der Waals surface area contributed by atoms with Gasteiger partial charge in [0.1, 0.15) is 11.6 Å². The Morgan fingerprint density at radius 3 is 2.50 bits per heavy atom. The van der Waals surface area contributed by atoms with Crippen LogP contribution in [-0.2, 0) is 4.79 Å². The molecule has 0 spiro atoms. The maximum Gasteiger partial charge on any atom is 0.229 e. The van der Waals surface area contributed by atoms with Crippen LogP contribution in [0.3, 0.4) is 0 Å². The fourth-order valence-corrected chi connectivity index (χ4v) is 1.63. The Hall–Kier alpha value is -2.43. The SMILES string of the molecule is Cc1cc(Oc2ccc(NC(=O)C(C)(C)C)cn2)ccc1F. The number of rotatable bonds is 3. The van der Waals surface area contributed by atoms with Gasteiger partial charge in [0.2, 0.25) is 11.8 Å². The van der Waals surface area contributed by atoms with Crippen molar-refractivity contribution in [1.82, 2.24) is 4.98 Å². The van der Waals surface area contributed by atoms with Gasteiger partial charge in [-0.25, -0.2) is 9.37 Å². The van der Waals surface area contributed by atoms with Gasteiger partial charge in [0.15, 0.2) is 0 Å². The second-order valence-corrected chi connectivity index (χ2v) is 6.10. The molecule has 0 radical (unpaired) electrons. The van der Waals surface area contributed by atoms with Gasteiger partial charge in [-0.05, 0) is 36.8 Å². The first-order valence-corrected chi connectivity index (χ1v) is 6.97. The van der Waals surface area contributed by atoms with Crippen LogP contribution in [0.5, 0.6) is 11.6 Å². The predicted molar refractivity (Wildman–Crippen MR) is 83.5 cm³/mol. The second-order valence-electron chi connectivity index (χ2n) is 6.10. The summed E-state index contributed by atoms with van der Waals surface area (Å²) in [6.45, 7) is 7.18. The molecule has 22 heavy (non-hydrogen) atoms. The molecule has 4 nitrogen and oxygen atoms in total. The molecular weight excluding hydrogens is 283 g/mol. The monoisotopic (exact) mass is 302 g/mol. The van der Waals surface area contributed by atoms with E-state index in [1.54, 1.807) is 31.2 Å². The minimum Gasteiger partial charge on any atom is -0.439 e. The lowest BCUT2D eigenvalue weighted by Gasteiger charge is -2.17. The number of ether oxygens (including phenoxy) is 1. The zero-order valence-electron chi connectivity index (χ0n) is 13.1. The van der Waals surface area contributed by atoms with Crippen molar-refractivity contribution < 1.29 is 13.9 Å². The summed E-state index contributed by atoms with van der Waals surface area (Å²) in [7, 11) is 0. The highest BCUT2D eigenvalue weighted by atomic mass is 19.1. The number of carbonyl (C=O) groups is 1. The maximum atomic E-state index is 13.2. The average Bonchev–Trinajstić information content (AvgIpc) is 2.44. The van der Waals surface area contributed by atoms with Crippen LogP contribution < -0.4 is 10.1 Å². The lowest BCUT2D eigenvalue weighted by molar-refractivity contribution is -0.123. The number of halogens is 1. The van der Waals surface area contributed by atoms with Crippen molar-refractivity contribution in [3.63, 3.8) is 0 Å². The molecule has 1 aromatic carbocycles. The fourth-order valence-electron chi connectivity index (χ4n) is 1.63. The van der Waals surface area contributed by atoms with Crippen molar-refractivity contribution in [1.29, 1.82) is 0 Å². The van der Waals surface area contributed by atoms with E-state index in [2.05, 4.69) is 10.3 Å². The van der Waals surface area contributed by atoms with E-state index in [1.807, 2.05) is 20.8 Å². The van der Waals surface area contributed by atoms with Gasteiger partial charge in [-0.15, -0.1) is 0 Å². The molecule has 0 unspecified atom stereocenters. The first kappa shape index (κ1) is 15.9. The van der Waals surface area contributed by atoms with Crippen LogP contribution in [0.4, 0.5) is 10.1 Å². The van der Waals surface area contributed by atoms with Crippen molar-refractivity contribution in [3.8, 4) is 11.6 Å². The molecule has 0 saturated heterocycles. The minimum absolute atomic E-state index is 0.0860. The minimum atomic E-state index is -0.471. The number of aryl methyl sites for hydroxylation is 1. The number of nitrogens with zero attached hydrogens (tertiary/aromatic N) is 1. The van der Waals surface area contributed by atoms with Gasteiger partial charge in [-0.1, -0.05) is 20.8 Å². The highest BCUT2D eigenvalue weighted by molar-refractivity contribution is 5.94. The predicted octanol–water partition coefficient (Wildman–Crippen LogP) is 4.31. The molecule has 5 heteroatoms. The number of aromatic nitrogens is 1. The lowest BCUT2D eigenvalue weighted by Crippen LogP contribution is -2.27. The summed E-state index contributed by atoms with van der Waals surface area (Å²) in [5.41, 5.74) is 0.634. The first-order chi connectivity index (χ1) is 10.3. The van der Waals surface area contributed by atoms with E-state index in [9.17, 15) is 9.18 Å². The Morgan fingerprint density at radius 1 is 1.23 bits per heavy atom. The Kier molecular flexibility index (Phi) is 4.45. The second kappa shape index (κ2) is 6.13. The van der Waals surface area contributed by atoms with E-state index in [4.69, 9.17) is 4.74 Å². The molecule has 1 N–H and O–H groups in total. The van der Waals surface area contributed by atoms with Crippen molar-refractivity contribution in [2.45, 2.75) is 27.7 Å². The van der Waals surface area contributed by atoms with Gasteiger partial charge in [0.25, 0.3) is 0 Å². The molecule has 1 heterocycles. The van der Waals surface area contributed by atoms with Crippen LogP contribution in [0.25, 0.3) is 0 Å². The fraction of sp³-hybridized carbons (Fsp3) is 0.294. The highest BCUT2D eigenvalue weighted by Crippen LogP contribution is 2.23. The van der Waals surface area contributed by atoms with E-state index < -0.39 is 5.41 Å².